The molecular weight excluding hydrogens is 277 g/mol. The van der Waals surface area contributed by atoms with Crippen LogP contribution in [-0.4, -0.2) is 53.1 Å². The zero-order valence-electron chi connectivity index (χ0n) is 13.0. The van der Waals surface area contributed by atoms with Gasteiger partial charge in [-0.15, -0.1) is 0 Å². The van der Waals surface area contributed by atoms with Gasteiger partial charge in [0.2, 0.25) is 5.91 Å². The molecule has 0 saturated carbocycles. The number of carboxylic acids is 1. The number of carbonyl (C=O) groups is 2. The van der Waals surface area contributed by atoms with E-state index in [9.17, 15) is 9.59 Å². The SMILES string of the molecule is CCCCCCCCCCCCCC(=O)NCC(=O)O.[NaH]. The monoisotopic (exact) mass is 309 g/mol. The number of carboxylic acid groups (broad SMARTS) is 1. The fourth-order valence-corrected chi connectivity index (χ4v) is 2.21. The Labute approximate surface area is 151 Å². The van der Waals surface area contributed by atoms with Gasteiger partial charge in [0, 0.05) is 6.42 Å². The van der Waals surface area contributed by atoms with Crippen LogP contribution in [0.2, 0.25) is 0 Å². The minimum absolute atomic E-state index is 0. The number of unbranched alkanes of at least 4 members (excludes halogenated alkanes) is 10. The summed E-state index contributed by atoms with van der Waals surface area (Å²) in [4.78, 5) is 21.5. The number of aliphatic carboxylic acids is 1. The zero-order valence-corrected chi connectivity index (χ0v) is 13.0. The predicted molar refractivity (Wildman–Crippen MR) is 88.9 cm³/mol. The van der Waals surface area contributed by atoms with E-state index in [1.54, 1.807) is 0 Å². The van der Waals surface area contributed by atoms with E-state index in [-0.39, 0.29) is 42.0 Å². The number of hydrogen-bond acceptors (Lipinski definition) is 2. The van der Waals surface area contributed by atoms with Crippen LogP contribution in [0, 0.1) is 0 Å². The maximum absolute atomic E-state index is 11.2. The van der Waals surface area contributed by atoms with Crippen molar-refractivity contribution in [2.45, 2.75) is 84.0 Å². The third-order valence-corrected chi connectivity index (χ3v) is 3.44. The second-order valence-electron chi connectivity index (χ2n) is 5.46. The first-order valence-corrected chi connectivity index (χ1v) is 8.15. The van der Waals surface area contributed by atoms with Crippen molar-refractivity contribution in [2.24, 2.45) is 0 Å². The molecule has 1 amide bonds. The van der Waals surface area contributed by atoms with Crippen LogP contribution >= 0.6 is 0 Å². The molecule has 0 fully saturated rings. The van der Waals surface area contributed by atoms with Crippen LogP contribution in [0.25, 0.3) is 0 Å². The van der Waals surface area contributed by atoms with Crippen molar-refractivity contribution in [3.05, 3.63) is 0 Å². The van der Waals surface area contributed by atoms with Crippen molar-refractivity contribution in [2.75, 3.05) is 6.54 Å². The summed E-state index contributed by atoms with van der Waals surface area (Å²) >= 11 is 0. The molecule has 21 heavy (non-hydrogen) atoms. The number of carbonyl (C=O) groups excluding carboxylic acids is 1. The van der Waals surface area contributed by atoms with E-state index in [0.29, 0.717) is 6.42 Å². The Morgan fingerprint density at radius 3 is 1.67 bits per heavy atom. The normalized spacial score (nSPS) is 9.95. The third-order valence-electron chi connectivity index (χ3n) is 3.44. The van der Waals surface area contributed by atoms with Crippen molar-refractivity contribution in [3.63, 3.8) is 0 Å². The molecule has 0 aromatic rings. The van der Waals surface area contributed by atoms with Crippen molar-refractivity contribution < 1.29 is 14.7 Å². The fraction of sp³-hybridized carbons (Fsp3) is 0.875. The Hall–Kier alpha value is -0.0600. The number of rotatable bonds is 14. The van der Waals surface area contributed by atoms with Gasteiger partial charge in [-0.2, -0.15) is 0 Å². The molecule has 0 spiro atoms. The van der Waals surface area contributed by atoms with Gasteiger partial charge in [-0.1, -0.05) is 71.1 Å². The molecule has 0 aliphatic rings. The van der Waals surface area contributed by atoms with Gasteiger partial charge in [0.25, 0.3) is 0 Å². The minimum atomic E-state index is -0.989. The van der Waals surface area contributed by atoms with Crippen LogP contribution in [0.3, 0.4) is 0 Å². The molecular formula is C16H32NNaO3. The summed E-state index contributed by atoms with van der Waals surface area (Å²) in [6.45, 7) is 1.97. The second-order valence-corrected chi connectivity index (χ2v) is 5.46. The summed E-state index contributed by atoms with van der Waals surface area (Å²) in [6, 6.07) is 0. The summed E-state index contributed by atoms with van der Waals surface area (Å²) in [5.74, 6) is -1.14. The third kappa shape index (κ3) is 19.9. The molecule has 0 heterocycles. The molecule has 0 saturated heterocycles. The van der Waals surface area contributed by atoms with E-state index in [4.69, 9.17) is 5.11 Å². The molecule has 0 atom stereocenters. The number of amides is 1. The molecule has 0 aromatic carbocycles. The summed E-state index contributed by atoms with van der Waals surface area (Å²) in [5, 5.41) is 10.8. The molecule has 0 aliphatic heterocycles. The number of nitrogens with one attached hydrogen (secondary N) is 1. The summed E-state index contributed by atoms with van der Waals surface area (Å²) in [5.41, 5.74) is 0. The Morgan fingerprint density at radius 2 is 1.24 bits per heavy atom. The van der Waals surface area contributed by atoms with E-state index in [0.717, 1.165) is 12.8 Å². The maximum atomic E-state index is 11.2. The van der Waals surface area contributed by atoms with Gasteiger partial charge in [-0.05, 0) is 6.42 Å². The standard InChI is InChI=1S/C16H31NO3.Na.H/c1-2-3-4-5-6-7-8-9-10-11-12-13-15(18)17-14-16(19)20;;/h2-14H2,1H3,(H,17,18)(H,19,20);;. The first-order valence-electron chi connectivity index (χ1n) is 8.15. The molecule has 2 N–H and O–H groups in total. The van der Waals surface area contributed by atoms with Crippen LogP contribution in [0.4, 0.5) is 0 Å². The second kappa shape index (κ2) is 18.0. The molecule has 0 radical (unpaired) electrons. The van der Waals surface area contributed by atoms with Gasteiger partial charge >= 0.3 is 35.5 Å². The molecule has 120 valence electrons. The quantitative estimate of drug-likeness (QED) is 0.382. The van der Waals surface area contributed by atoms with E-state index in [2.05, 4.69) is 12.2 Å². The number of hydrogen-bond donors (Lipinski definition) is 2. The zero-order chi connectivity index (χ0) is 15.1. The Balaban J connectivity index is 0. The van der Waals surface area contributed by atoms with Gasteiger partial charge in [-0.3, -0.25) is 9.59 Å². The van der Waals surface area contributed by atoms with Gasteiger partial charge in [0.15, 0.2) is 0 Å². The molecule has 0 bridgehead atoms. The Morgan fingerprint density at radius 1 is 0.810 bits per heavy atom. The molecule has 0 aliphatic carbocycles. The van der Waals surface area contributed by atoms with E-state index in [1.165, 1.54) is 57.8 Å². The molecule has 0 rings (SSSR count). The fourth-order valence-electron chi connectivity index (χ4n) is 2.21. The molecule has 5 heteroatoms. The van der Waals surface area contributed by atoms with E-state index < -0.39 is 5.97 Å². The summed E-state index contributed by atoms with van der Waals surface area (Å²) < 4.78 is 0. The van der Waals surface area contributed by atoms with Crippen LogP contribution < -0.4 is 5.32 Å². The van der Waals surface area contributed by atoms with Crippen molar-refractivity contribution in [1.29, 1.82) is 0 Å². The first kappa shape index (κ1) is 23.2. The average Bonchev–Trinajstić information content (AvgIpc) is 2.42. The topological polar surface area (TPSA) is 66.4 Å². The van der Waals surface area contributed by atoms with Crippen LogP contribution in [0.5, 0.6) is 0 Å². The van der Waals surface area contributed by atoms with E-state index in [1.807, 2.05) is 0 Å². The van der Waals surface area contributed by atoms with Crippen LogP contribution in [0.1, 0.15) is 84.0 Å². The van der Waals surface area contributed by atoms with Crippen molar-refractivity contribution >= 4 is 41.4 Å². The molecule has 0 aromatic heterocycles. The van der Waals surface area contributed by atoms with Crippen LogP contribution in [0.15, 0.2) is 0 Å². The average molecular weight is 309 g/mol. The summed E-state index contributed by atoms with van der Waals surface area (Å²) in [7, 11) is 0. The summed E-state index contributed by atoms with van der Waals surface area (Å²) in [6.07, 6.45) is 14.2. The first-order chi connectivity index (χ1) is 9.66. The van der Waals surface area contributed by atoms with Gasteiger partial charge in [0.05, 0.1) is 0 Å². The van der Waals surface area contributed by atoms with Gasteiger partial charge in [0.1, 0.15) is 6.54 Å². The molecule has 0 unspecified atom stereocenters. The van der Waals surface area contributed by atoms with E-state index >= 15 is 0 Å². The van der Waals surface area contributed by atoms with Crippen molar-refractivity contribution in [1.82, 2.24) is 5.32 Å². The predicted octanol–water partition coefficient (Wildman–Crippen LogP) is 3.24. The van der Waals surface area contributed by atoms with Crippen LogP contribution in [-0.2, 0) is 9.59 Å². The Kier molecular flexibility index (Phi) is 19.9. The van der Waals surface area contributed by atoms with Gasteiger partial charge < -0.3 is 10.4 Å². The Bertz CT molecular complexity index is 260. The molecule has 4 nitrogen and oxygen atoms in total. The van der Waals surface area contributed by atoms with Gasteiger partial charge in [-0.25, -0.2) is 0 Å². The van der Waals surface area contributed by atoms with Crippen molar-refractivity contribution in [3.8, 4) is 0 Å².